The van der Waals surface area contributed by atoms with Gasteiger partial charge in [-0.15, -0.1) is 17.0 Å². The molecule has 3 rings (SSSR count). The first-order valence-corrected chi connectivity index (χ1v) is 10.9. The number of nitrogens with zero attached hydrogens (tertiary/aromatic N) is 2. The van der Waals surface area contributed by atoms with Crippen molar-refractivity contribution >= 4 is 46.1 Å². The fourth-order valence-electron chi connectivity index (χ4n) is 4.12. The molecule has 32 heavy (non-hydrogen) atoms. The molecule has 1 atom stereocenters. The molecule has 1 aromatic rings. The van der Waals surface area contributed by atoms with Gasteiger partial charge in [-0.2, -0.15) is 0 Å². The molecular formula is C21H32BrClN4O5. The molecule has 2 aliphatic heterocycles. The van der Waals surface area contributed by atoms with Crippen molar-refractivity contribution < 1.29 is 24.2 Å². The fraction of sp³-hybridized carbons (Fsp3) is 0.619. The van der Waals surface area contributed by atoms with E-state index in [0.29, 0.717) is 54.2 Å². The fourth-order valence-corrected chi connectivity index (χ4v) is 4.28. The Morgan fingerprint density at radius 3 is 2.69 bits per heavy atom. The Morgan fingerprint density at radius 2 is 2.03 bits per heavy atom. The quantitative estimate of drug-likeness (QED) is 0.449. The Morgan fingerprint density at radius 1 is 1.31 bits per heavy atom. The van der Waals surface area contributed by atoms with E-state index in [1.807, 2.05) is 0 Å². The summed E-state index contributed by atoms with van der Waals surface area (Å²) >= 11 is 6.06. The third-order valence-electron chi connectivity index (χ3n) is 5.90. The van der Waals surface area contributed by atoms with Crippen LogP contribution in [0.4, 0.5) is 5.69 Å². The zero-order valence-corrected chi connectivity index (χ0v) is 20.7. The molecule has 0 spiro atoms. The molecule has 2 saturated heterocycles. The number of likely N-dealkylation sites (tertiary alicyclic amines) is 1. The number of aliphatic hydroxyl groups is 1. The van der Waals surface area contributed by atoms with Crippen molar-refractivity contribution in [2.45, 2.75) is 18.9 Å². The Balaban J connectivity index is 0.00000363. The molecule has 180 valence electrons. The zero-order valence-electron chi connectivity index (χ0n) is 18.2. The standard InChI is InChI=1S/C21H31ClN4O5.BrH/c1-30-19-9-18(23)17(22)8-16(19)21(29)24-10-15-12-25(6-7-31-15)11-14-2-4-26(5-3-14)20(28)13-27;/h8-9,14-15,27H,2-7,10-13,23H2,1H3,(H,24,29);1H/t15-;/m0./s1. The van der Waals surface area contributed by atoms with Gasteiger partial charge in [0.05, 0.1) is 36.1 Å². The number of carbonyl (C=O) groups excluding carboxylic acids is 2. The number of ether oxygens (including phenoxy) is 2. The lowest BCUT2D eigenvalue weighted by atomic mass is 9.96. The summed E-state index contributed by atoms with van der Waals surface area (Å²) in [4.78, 5) is 28.3. The Hall–Kier alpha value is -1.59. The minimum Gasteiger partial charge on any atom is -0.496 e. The third kappa shape index (κ3) is 6.95. The van der Waals surface area contributed by atoms with E-state index >= 15 is 0 Å². The van der Waals surface area contributed by atoms with Gasteiger partial charge in [0.2, 0.25) is 5.91 Å². The number of benzene rings is 1. The topological polar surface area (TPSA) is 117 Å². The molecule has 2 amide bonds. The summed E-state index contributed by atoms with van der Waals surface area (Å²) in [7, 11) is 1.48. The molecule has 9 nitrogen and oxygen atoms in total. The van der Waals surface area contributed by atoms with Crippen LogP contribution in [0.1, 0.15) is 23.2 Å². The highest BCUT2D eigenvalue weighted by Crippen LogP contribution is 2.28. The Kier molecular flexibility index (Phi) is 10.5. The second-order valence-electron chi connectivity index (χ2n) is 8.02. The molecule has 0 bridgehead atoms. The molecule has 0 aliphatic carbocycles. The van der Waals surface area contributed by atoms with Gasteiger partial charge >= 0.3 is 0 Å². The largest absolute Gasteiger partial charge is 0.496 e. The summed E-state index contributed by atoms with van der Waals surface area (Å²) in [5.74, 6) is 0.397. The SMILES string of the molecule is Br.COc1cc(N)c(Cl)cc1C(=O)NC[C@H]1CN(CC2CCN(C(=O)CO)CC2)CCO1. The first-order chi connectivity index (χ1) is 14.9. The number of aliphatic hydroxyl groups excluding tert-OH is 1. The van der Waals surface area contributed by atoms with E-state index in [4.69, 9.17) is 31.9 Å². The molecule has 0 saturated carbocycles. The van der Waals surface area contributed by atoms with Crippen LogP contribution < -0.4 is 15.8 Å². The smallest absolute Gasteiger partial charge is 0.255 e. The third-order valence-corrected chi connectivity index (χ3v) is 6.22. The number of halogens is 2. The summed E-state index contributed by atoms with van der Waals surface area (Å²) in [5.41, 5.74) is 6.46. The van der Waals surface area contributed by atoms with E-state index in [1.54, 1.807) is 4.90 Å². The monoisotopic (exact) mass is 534 g/mol. The maximum atomic E-state index is 12.6. The van der Waals surface area contributed by atoms with Gasteiger partial charge in [0.25, 0.3) is 5.91 Å². The number of methoxy groups -OCH3 is 1. The summed E-state index contributed by atoms with van der Waals surface area (Å²) in [6, 6.07) is 3.04. The molecule has 0 aromatic heterocycles. The zero-order chi connectivity index (χ0) is 22.4. The van der Waals surface area contributed by atoms with E-state index in [-0.39, 0.29) is 34.9 Å². The number of nitrogens with one attached hydrogen (secondary N) is 1. The van der Waals surface area contributed by atoms with Crippen molar-refractivity contribution in [3.63, 3.8) is 0 Å². The van der Waals surface area contributed by atoms with Crippen LogP contribution in [0.3, 0.4) is 0 Å². The lowest BCUT2D eigenvalue weighted by Crippen LogP contribution is -2.50. The predicted molar refractivity (Wildman–Crippen MR) is 128 cm³/mol. The normalized spacial score (nSPS) is 19.8. The number of nitrogen functional groups attached to an aromatic ring is 1. The maximum absolute atomic E-state index is 12.6. The van der Waals surface area contributed by atoms with Crippen molar-refractivity contribution in [1.82, 2.24) is 15.1 Å². The second kappa shape index (κ2) is 12.6. The molecule has 0 radical (unpaired) electrons. The highest BCUT2D eigenvalue weighted by Gasteiger charge is 2.27. The lowest BCUT2D eigenvalue weighted by Gasteiger charge is -2.38. The van der Waals surface area contributed by atoms with Gasteiger partial charge in [-0.1, -0.05) is 11.6 Å². The number of anilines is 1. The van der Waals surface area contributed by atoms with Gasteiger partial charge < -0.3 is 30.5 Å². The first kappa shape index (κ1) is 26.7. The number of hydrogen-bond acceptors (Lipinski definition) is 7. The highest BCUT2D eigenvalue weighted by atomic mass is 79.9. The molecular weight excluding hydrogens is 504 g/mol. The van der Waals surface area contributed by atoms with Crippen molar-refractivity contribution in [2.24, 2.45) is 5.92 Å². The van der Waals surface area contributed by atoms with Crippen LogP contribution in [0, 0.1) is 5.92 Å². The first-order valence-electron chi connectivity index (χ1n) is 10.5. The highest BCUT2D eigenvalue weighted by molar-refractivity contribution is 8.93. The van der Waals surface area contributed by atoms with Crippen LogP contribution >= 0.6 is 28.6 Å². The minimum atomic E-state index is -0.421. The Bertz CT molecular complexity index is 792. The van der Waals surface area contributed by atoms with E-state index in [2.05, 4.69) is 10.2 Å². The average Bonchev–Trinajstić information content (AvgIpc) is 2.79. The number of carbonyl (C=O) groups is 2. The number of hydrogen-bond donors (Lipinski definition) is 3. The maximum Gasteiger partial charge on any atom is 0.255 e. The van der Waals surface area contributed by atoms with Crippen molar-refractivity contribution in [3.8, 4) is 5.75 Å². The summed E-state index contributed by atoms with van der Waals surface area (Å²) in [5, 5.41) is 12.2. The van der Waals surface area contributed by atoms with E-state index < -0.39 is 6.61 Å². The van der Waals surface area contributed by atoms with E-state index in [9.17, 15) is 9.59 Å². The average molecular weight is 536 g/mol. The molecule has 1 aromatic carbocycles. The van der Waals surface area contributed by atoms with Gasteiger partial charge in [0.1, 0.15) is 12.4 Å². The van der Waals surface area contributed by atoms with E-state index in [1.165, 1.54) is 19.2 Å². The minimum absolute atomic E-state index is 0. The molecule has 2 heterocycles. The Labute approximate surface area is 203 Å². The van der Waals surface area contributed by atoms with Crippen LogP contribution in [0.25, 0.3) is 0 Å². The molecule has 0 unspecified atom stereocenters. The predicted octanol–water partition coefficient (Wildman–Crippen LogP) is 1.17. The van der Waals surface area contributed by atoms with Gasteiger partial charge in [0, 0.05) is 45.3 Å². The number of piperidine rings is 1. The van der Waals surface area contributed by atoms with Gasteiger partial charge in [0.15, 0.2) is 0 Å². The summed E-state index contributed by atoms with van der Waals surface area (Å²) < 4.78 is 11.1. The number of amides is 2. The van der Waals surface area contributed by atoms with Gasteiger partial charge in [-0.3, -0.25) is 14.5 Å². The number of morpholine rings is 1. The summed E-state index contributed by atoms with van der Waals surface area (Å²) in [6.45, 7) is 4.48. The lowest BCUT2D eigenvalue weighted by molar-refractivity contribution is -0.135. The van der Waals surface area contributed by atoms with Gasteiger partial charge in [-0.25, -0.2) is 0 Å². The number of rotatable bonds is 7. The van der Waals surface area contributed by atoms with Gasteiger partial charge in [-0.05, 0) is 24.8 Å². The van der Waals surface area contributed by atoms with Crippen LogP contribution in [-0.4, -0.2) is 92.4 Å². The molecule has 2 aliphatic rings. The van der Waals surface area contributed by atoms with Crippen LogP contribution in [0.15, 0.2) is 12.1 Å². The second-order valence-corrected chi connectivity index (χ2v) is 8.43. The van der Waals surface area contributed by atoms with Crippen molar-refractivity contribution in [2.75, 3.05) is 65.3 Å². The summed E-state index contributed by atoms with van der Waals surface area (Å²) in [6.07, 6.45) is 1.76. The van der Waals surface area contributed by atoms with Crippen LogP contribution in [-0.2, 0) is 9.53 Å². The van der Waals surface area contributed by atoms with Crippen LogP contribution in [0.5, 0.6) is 5.75 Å². The molecule has 11 heteroatoms. The van der Waals surface area contributed by atoms with Crippen LogP contribution in [0.2, 0.25) is 5.02 Å². The molecule has 4 N–H and O–H groups in total. The number of nitrogens with two attached hydrogens (primary N) is 1. The van der Waals surface area contributed by atoms with E-state index in [0.717, 1.165) is 32.5 Å². The van der Waals surface area contributed by atoms with Crippen molar-refractivity contribution in [3.05, 3.63) is 22.7 Å². The molecule has 2 fully saturated rings. The van der Waals surface area contributed by atoms with Crippen molar-refractivity contribution in [1.29, 1.82) is 0 Å².